The standard InChI is InChI=1S/C11H9BrClN3O/c12-9-10(13)15-7-16(11(9)17)6-4-8-3-1-2-5-14-8/h1-3,5,7H,4,6H2. The van der Waals surface area contributed by atoms with E-state index in [1.54, 1.807) is 6.20 Å². The van der Waals surface area contributed by atoms with Crippen LogP contribution in [-0.2, 0) is 13.0 Å². The minimum Gasteiger partial charge on any atom is -0.298 e. The molecule has 0 aliphatic heterocycles. The molecule has 2 aromatic heterocycles. The topological polar surface area (TPSA) is 47.8 Å². The van der Waals surface area contributed by atoms with Crippen molar-refractivity contribution in [1.82, 2.24) is 14.5 Å². The third kappa shape index (κ3) is 2.92. The van der Waals surface area contributed by atoms with Crippen molar-refractivity contribution in [2.24, 2.45) is 0 Å². The fraction of sp³-hybridized carbons (Fsp3) is 0.182. The van der Waals surface area contributed by atoms with Crippen molar-refractivity contribution in [1.29, 1.82) is 0 Å². The smallest absolute Gasteiger partial charge is 0.269 e. The number of aromatic nitrogens is 3. The molecule has 0 saturated heterocycles. The Kier molecular flexibility index (Phi) is 3.91. The molecule has 2 heterocycles. The second-order valence-corrected chi connectivity index (χ2v) is 4.57. The Labute approximate surface area is 111 Å². The summed E-state index contributed by atoms with van der Waals surface area (Å²) in [7, 11) is 0. The van der Waals surface area contributed by atoms with Crippen LogP contribution >= 0.6 is 27.5 Å². The molecule has 0 aliphatic rings. The van der Waals surface area contributed by atoms with Gasteiger partial charge in [0.1, 0.15) is 4.47 Å². The second-order valence-electron chi connectivity index (χ2n) is 3.42. The first kappa shape index (κ1) is 12.3. The fourth-order valence-electron chi connectivity index (χ4n) is 1.38. The maximum atomic E-state index is 11.8. The third-order valence-corrected chi connectivity index (χ3v) is 3.50. The summed E-state index contributed by atoms with van der Waals surface area (Å²) in [6, 6.07) is 5.70. The van der Waals surface area contributed by atoms with E-state index in [1.807, 2.05) is 18.2 Å². The predicted octanol–water partition coefficient (Wildman–Crippen LogP) is 2.30. The van der Waals surface area contributed by atoms with Crippen molar-refractivity contribution in [3.63, 3.8) is 0 Å². The lowest BCUT2D eigenvalue weighted by molar-refractivity contribution is 0.643. The lowest BCUT2D eigenvalue weighted by Crippen LogP contribution is -2.22. The van der Waals surface area contributed by atoms with Gasteiger partial charge in [0.05, 0.1) is 6.33 Å². The van der Waals surface area contributed by atoms with Crippen molar-refractivity contribution in [2.45, 2.75) is 13.0 Å². The Morgan fingerprint density at radius 1 is 1.35 bits per heavy atom. The molecule has 0 aliphatic carbocycles. The minimum absolute atomic E-state index is 0.180. The molecule has 0 fully saturated rings. The van der Waals surface area contributed by atoms with E-state index in [9.17, 15) is 4.79 Å². The van der Waals surface area contributed by atoms with Crippen molar-refractivity contribution >= 4 is 27.5 Å². The van der Waals surface area contributed by atoms with Gasteiger partial charge in [0.15, 0.2) is 5.15 Å². The number of hydrogen-bond donors (Lipinski definition) is 0. The van der Waals surface area contributed by atoms with Gasteiger partial charge in [-0.3, -0.25) is 14.3 Å². The van der Waals surface area contributed by atoms with Crippen LogP contribution in [0.25, 0.3) is 0 Å². The number of pyridine rings is 1. The Bertz CT molecular complexity index is 571. The van der Waals surface area contributed by atoms with E-state index in [-0.39, 0.29) is 10.7 Å². The Morgan fingerprint density at radius 2 is 2.18 bits per heavy atom. The largest absolute Gasteiger partial charge is 0.298 e. The zero-order chi connectivity index (χ0) is 12.3. The summed E-state index contributed by atoms with van der Waals surface area (Å²) in [6.07, 6.45) is 3.85. The van der Waals surface area contributed by atoms with Gasteiger partial charge in [0, 0.05) is 24.9 Å². The van der Waals surface area contributed by atoms with Gasteiger partial charge in [-0.15, -0.1) is 0 Å². The molecular formula is C11H9BrClN3O. The van der Waals surface area contributed by atoms with Gasteiger partial charge in [-0.25, -0.2) is 4.98 Å². The summed E-state index contributed by atoms with van der Waals surface area (Å²) in [5, 5.41) is 0.184. The molecule has 6 heteroatoms. The van der Waals surface area contributed by atoms with Crippen molar-refractivity contribution in [2.75, 3.05) is 0 Å². The molecule has 0 bridgehead atoms. The summed E-state index contributed by atoms with van der Waals surface area (Å²) >= 11 is 8.83. The highest BCUT2D eigenvalue weighted by atomic mass is 79.9. The Morgan fingerprint density at radius 3 is 2.88 bits per heavy atom. The number of hydrogen-bond acceptors (Lipinski definition) is 3. The molecule has 0 unspecified atom stereocenters. The van der Waals surface area contributed by atoms with E-state index in [1.165, 1.54) is 10.9 Å². The minimum atomic E-state index is -0.180. The van der Waals surface area contributed by atoms with Gasteiger partial charge in [-0.05, 0) is 28.1 Å². The molecule has 2 rings (SSSR count). The lowest BCUT2D eigenvalue weighted by atomic mass is 10.3. The van der Waals surface area contributed by atoms with E-state index in [0.717, 1.165) is 5.69 Å². The lowest BCUT2D eigenvalue weighted by Gasteiger charge is -2.05. The molecular weight excluding hydrogens is 305 g/mol. The number of nitrogens with zero attached hydrogens (tertiary/aromatic N) is 3. The van der Waals surface area contributed by atoms with Crippen LogP contribution in [0.2, 0.25) is 5.15 Å². The van der Waals surface area contributed by atoms with Gasteiger partial charge >= 0.3 is 0 Å². The van der Waals surface area contributed by atoms with Crippen molar-refractivity contribution in [3.05, 3.63) is 56.4 Å². The van der Waals surface area contributed by atoms with Gasteiger partial charge in [0.2, 0.25) is 0 Å². The summed E-state index contributed by atoms with van der Waals surface area (Å²) in [5.41, 5.74) is 0.756. The first-order valence-electron chi connectivity index (χ1n) is 4.99. The SMILES string of the molecule is O=c1c(Br)c(Cl)ncn1CCc1ccccn1. The maximum absolute atomic E-state index is 11.8. The fourth-order valence-corrected chi connectivity index (χ4v) is 1.84. The van der Waals surface area contributed by atoms with Crippen LogP contribution in [0.4, 0.5) is 0 Å². The van der Waals surface area contributed by atoms with Crippen LogP contribution in [0.5, 0.6) is 0 Å². The van der Waals surface area contributed by atoms with Crippen LogP contribution in [0.15, 0.2) is 40.0 Å². The molecule has 17 heavy (non-hydrogen) atoms. The van der Waals surface area contributed by atoms with E-state index in [2.05, 4.69) is 25.9 Å². The highest BCUT2D eigenvalue weighted by Crippen LogP contribution is 2.13. The van der Waals surface area contributed by atoms with Crippen LogP contribution in [0, 0.1) is 0 Å². The molecule has 0 radical (unpaired) electrons. The monoisotopic (exact) mass is 313 g/mol. The zero-order valence-electron chi connectivity index (χ0n) is 8.81. The van der Waals surface area contributed by atoms with Gasteiger partial charge in [0.25, 0.3) is 5.56 Å². The number of halogens is 2. The molecule has 2 aromatic rings. The summed E-state index contributed by atoms with van der Waals surface area (Å²) in [4.78, 5) is 19.9. The predicted molar refractivity (Wildman–Crippen MR) is 69.1 cm³/mol. The van der Waals surface area contributed by atoms with E-state index < -0.39 is 0 Å². The van der Waals surface area contributed by atoms with E-state index >= 15 is 0 Å². The van der Waals surface area contributed by atoms with Crippen LogP contribution in [0.1, 0.15) is 5.69 Å². The van der Waals surface area contributed by atoms with Gasteiger partial charge < -0.3 is 0 Å². The quantitative estimate of drug-likeness (QED) is 0.817. The molecule has 0 atom stereocenters. The average molecular weight is 315 g/mol. The Balaban J connectivity index is 2.16. The summed E-state index contributed by atoms with van der Waals surface area (Å²) in [5.74, 6) is 0. The normalized spacial score (nSPS) is 10.5. The van der Waals surface area contributed by atoms with Crippen LogP contribution in [0.3, 0.4) is 0 Å². The number of rotatable bonds is 3. The van der Waals surface area contributed by atoms with Gasteiger partial charge in [-0.2, -0.15) is 0 Å². The average Bonchev–Trinajstić information content (AvgIpc) is 2.36. The first-order chi connectivity index (χ1) is 8.18. The molecule has 4 nitrogen and oxygen atoms in total. The van der Waals surface area contributed by atoms with Crippen molar-refractivity contribution < 1.29 is 0 Å². The molecule has 0 spiro atoms. The Hall–Kier alpha value is -1.20. The van der Waals surface area contributed by atoms with E-state index in [4.69, 9.17) is 11.6 Å². The van der Waals surface area contributed by atoms with Crippen molar-refractivity contribution in [3.8, 4) is 0 Å². The van der Waals surface area contributed by atoms with Gasteiger partial charge in [-0.1, -0.05) is 17.7 Å². The molecule has 0 aromatic carbocycles. The van der Waals surface area contributed by atoms with Crippen LogP contribution < -0.4 is 5.56 Å². The third-order valence-electron chi connectivity index (χ3n) is 2.28. The maximum Gasteiger partial charge on any atom is 0.269 e. The molecule has 88 valence electrons. The first-order valence-corrected chi connectivity index (χ1v) is 6.16. The highest BCUT2D eigenvalue weighted by molar-refractivity contribution is 9.10. The zero-order valence-corrected chi connectivity index (χ0v) is 11.1. The summed E-state index contributed by atoms with van der Waals surface area (Å²) in [6.45, 7) is 0.526. The molecule has 0 amide bonds. The van der Waals surface area contributed by atoms with E-state index in [0.29, 0.717) is 17.4 Å². The number of aryl methyl sites for hydroxylation is 2. The van der Waals surface area contributed by atoms with Crippen LogP contribution in [-0.4, -0.2) is 14.5 Å². The second kappa shape index (κ2) is 5.42. The molecule has 0 saturated carbocycles. The highest BCUT2D eigenvalue weighted by Gasteiger charge is 2.06. The summed E-state index contributed by atoms with van der Waals surface area (Å²) < 4.78 is 1.80. The molecule has 0 N–H and O–H groups in total.